The summed E-state index contributed by atoms with van der Waals surface area (Å²) in [5.41, 5.74) is 0.332. The first-order valence-corrected chi connectivity index (χ1v) is 12.5. The lowest BCUT2D eigenvalue weighted by molar-refractivity contribution is -0.206. The van der Waals surface area contributed by atoms with E-state index in [0.717, 1.165) is 11.3 Å². The van der Waals surface area contributed by atoms with Crippen LogP contribution in [0.4, 0.5) is 4.79 Å². The van der Waals surface area contributed by atoms with Gasteiger partial charge >= 0.3 is 12.1 Å². The van der Waals surface area contributed by atoms with Crippen molar-refractivity contribution in [3.8, 4) is 5.75 Å². The minimum Gasteiger partial charge on any atom is -0.497 e. The maximum absolute atomic E-state index is 12.8. The molecule has 9 nitrogen and oxygen atoms in total. The second-order valence-corrected chi connectivity index (χ2v) is 10.3. The number of carbonyl (C=O) groups excluding carboxylic acids is 2. The molecule has 0 aromatic heterocycles. The predicted molar refractivity (Wildman–Crippen MR) is 127 cm³/mol. The van der Waals surface area contributed by atoms with Gasteiger partial charge in [-0.15, -0.1) is 0 Å². The molecule has 188 valence electrons. The fraction of sp³-hybridized carbons (Fsp3) is 0.667. The molecule has 1 saturated carbocycles. The normalized spacial score (nSPS) is 29.2. The molecule has 4 atom stereocenters. The van der Waals surface area contributed by atoms with E-state index in [1.807, 2.05) is 24.3 Å². The number of carbonyl (C=O) groups is 2. The number of hydrogen-bond donors (Lipinski definition) is 1. The van der Waals surface area contributed by atoms with Crippen molar-refractivity contribution >= 4 is 28.0 Å². The van der Waals surface area contributed by atoms with Crippen molar-refractivity contribution in [2.75, 3.05) is 41.0 Å². The van der Waals surface area contributed by atoms with Gasteiger partial charge in [0.25, 0.3) is 0 Å². The highest BCUT2D eigenvalue weighted by molar-refractivity contribution is 9.09. The third-order valence-corrected chi connectivity index (χ3v) is 8.35. The smallest absolute Gasteiger partial charge is 0.410 e. The van der Waals surface area contributed by atoms with E-state index in [4.69, 9.17) is 23.7 Å². The summed E-state index contributed by atoms with van der Waals surface area (Å²) in [6, 6.07) is 6.88. The van der Waals surface area contributed by atoms with Crippen LogP contribution in [0.1, 0.15) is 31.2 Å². The van der Waals surface area contributed by atoms with Crippen LogP contribution in [0.5, 0.6) is 5.75 Å². The average Bonchev–Trinajstić information content (AvgIpc) is 3.30. The Balaban J connectivity index is 1.43. The number of ether oxygens (including phenoxy) is 5. The van der Waals surface area contributed by atoms with Crippen LogP contribution in [0, 0.1) is 0 Å². The van der Waals surface area contributed by atoms with E-state index in [1.54, 1.807) is 19.1 Å². The van der Waals surface area contributed by atoms with Crippen LogP contribution in [0.15, 0.2) is 24.3 Å². The van der Waals surface area contributed by atoms with Gasteiger partial charge in [0.1, 0.15) is 17.4 Å². The zero-order valence-corrected chi connectivity index (χ0v) is 21.5. The molecule has 1 aliphatic carbocycles. The minimum absolute atomic E-state index is 0.0947. The number of esters is 1. The fourth-order valence-electron chi connectivity index (χ4n) is 5.06. The third kappa shape index (κ3) is 5.19. The summed E-state index contributed by atoms with van der Waals surface area (Å²) < 4.78 is 28.0. The molecule has 0 radical (unpaired) electrons. The molecule has 2 spiro atoms. The number of nitrogens with one attached hydrogen (secondary N) is 1. The number of hydrogen-bond acceptors (Lipinski definition) is 8. The minimum atomic E-state index is -0.646. The molecule has 34 heavy (non-hydrogen) atoms. The second-order valence-electron chi connectivity index (χ2n) is 9.22. The monoisotopic (exact) mass is 540 g/mol. The molecular formula is C24H33BrN2O7. The van der Waals surface area contributed by atoms with Crippen molar-refractivity contribution in [3.63, 3.8) is 0 Å². The highest BCUT2D eigenvalue weighted by Gasteiger charge is 2.56. The van der Waals surface area contributed by atoms with Gasteiger partial charge < -0.3 is 33.9 Å². The van der Waals surface area contributed by atoms with Crippen LogP contribution >= 0.6 is 15.9 Å². The van der Waals surface area contributed by atoms with E-state index in [-0.39, 0.29) is 22.9 Å². The molecule has 3 fully saturated rings. The highest BCUT2D eigenvalue weighted by Crippen LogP contribution is 2.49. The van der Waals surface area contributed by atoms with Crippen molar-refractivity contribution in [2.45, 2.75) is 60.4 Å². The van der Waals surface area contributed by atoms with E-state index in [2.05, 4.69) is 21.2 Å². The largest absolute Gasteiger partial charge is 0.497 e. The molecule has 2 saturated heterocycles. The number of amides is 1. The molecule has 2 aliphatic heterocycles. The lowest BCUT2D eigenvalue weighted by atomic mass is 9.76. The third-order valence-electron chi connectivity index (χ3n) is 7.20. The second kappa shape index (κ2) is 10.4. The molecule has 1 N–H and O–H groups in total. The Morgan fingerprint density at radius 2 is 1.91 bits per heavy atom. The maximum atomic E-state index is 12.8. The van der Waals surface area contributed by atoms with Crippen LogP contribution in [0.25, 0.3) is 0 Å². The quantitative estimate of drug-likeness (QED) is 0.416. The van der Waals surface area contributed by atoms with Gasteiger partial charge in [-0.1, -0.05) is 28.1 Å². The Kier molecular flexibility index (Phi) is 7.71. The van der Waals surface area contributed by atoms with E-state index in [0.29, 0.717) is 51.9 Å². The zero-order valence-electron chi connectivity index (χ0n) is 19.9. The Bertz CT molecular complexity index is 877. The van der Waals surface area contributed by atoms with Gasteiger partial charge in [-0.05, 0) is 30.5 Å². The fourth-order valence-corrected chi connectivity index (χ4v) is 6.06. The van der Waals surface area contributed by atoms with Crippen LogP contribution in [0.3, 0.4) is 0 Å². The molecule has 4 rings (SSSR count). The van der Waals surface area contributed by atoms with Gasteiger partial charge in [-0.25, -0.2) is 4.79 Å². The Morgan fingerprint density at radius 3 is 2.53 bits per heavy atom. The summed E-state index contributed by atoms with van der Waals surface area (Å²) >= 11 is 3.78. The summed E-state index contributed by atoms with van der Waals surface area (Å²) in [5.74, 6) is -0.178. The van der Waals surface area contributed by atoms with E-state index in [9.17, 15) is 9.59 Å². The lowest BCUT2D eigenvalue weighted by Gasteiger charge is -2.51. The molecule has 0 unspecified atom stereocenters. The van der Waals surface area contributed by atoms with Gasteiger partial charge in [-0.2, -0.15) is 0 Å². The maximum Gasteiger partial charge on any atom is 0.410 e. The first-order valence-electron chi connectivity index (χ1n) is 11.6. The van der Waals surface area contributed by atoms with Crippen molar-refractivity contribution in [3.05, 3.63) is 29.8 Å². The first kappa shape index (κ1) is 25.2. The number of nitrogens with zero attached hydrogens (tertiary/aromatic N) is 1. The summed E-state index contributed by atoms with van der Waals surface area (Å²) in [4.78, 5) is 26.8. The predicted octanol–water partition coefficient (Wildman–Crippen LogP) is 2.64. The first-order chi connectivity index (χ1) is 16.3. The van der Waals surface area contributed by atoms with Crippen LogP contribution in [-0.2, 0) is 30.2 Å². The van der Waals surface area contributed by atoms with Gasteiger partial charge in [0.15, 0.2) is 5.79 Å². The number of benzene rings is 1. The van der Waals surface area contributed by atoms with Gasteiger partial charge in [0.2, 0.25) is 0 Å². The standard InChI is InChI=1S/C24H33BrN2O7/c1-27-17(15-26-19(21(28)31-3)12-16-4-6-18(30-2)7-5-16)13-23(34-22(27)29)8-9-24(14-20(23)25)32-10-11-33-24/h4-7,17,19-20,26H,8-15H2,1-3H3/t17-,19-,20+,23-/m0/s1. The zero-order chi connectivity index (χ0) is 24.3. The van der Waals surface area contributed by atoms with Crippen LogP contribution in [-0.4, -0.2) is 86.3 Å². The van der Waals surface area contributed by atoms with Crippen LogP contribution < -0.4 is 10.1 Å². The number of alkyl halides is 1. The van der Waals surface area contributed by atoms with E-state index >= 15 is 0 Å². The van der Waals surface area contributed by atoms with E-state index < -0.39 is 17.4 Å². The number of likely N-dealkylation sites (N-methyl/N-ethyl adjacent to an activating group) is 1. The molecule has 1 aromatic rings. The van der Waals surface area contributed by atoms with Crippen molar-refractivity contribution < 1.29 is 33.3 Å². The molecule has 3 aliphatic rings. The SMILES string of the molecule is COC(=O)[C@H](Cc1ccc(OC)cc1)NC[C@@H]1C[C@]2(CCC3(C[C@H]2Br)OCCO3)OC(=O)N1C. The topological polar surface area (TPSA) is 95.6 Å². The Morgan fingerprint density at radius 1 is 1.21 bits per heavy atom. The number of methoxy groups -OCH3 is 2. The van der Waals surface area contributed by atoms with Gasteiger partial charge in [-0.3, -0.25) is 4.79 Å². The summed E-state index contributed by atoms with van der Waals surface area (Å²) in [6.07, 6.45) is 2.66. The molecular weight excluding hydrogens is 508 g/mol. The van der Waals surface area contributed by atoms with E-state index in [1.165, 1.54) is 7.11 Å². The van der Waals surface area contributed by atoms with Crippen molar-refractivity contribution in [1.29, 1.82) is 0 Å². The summed E-state index contributed by atoms with van der Waals surface area (Å²) in [5, 5.41) is 3.33. The van der Waals surface area contributed by atoms with Crippen molar-refractivity contribution in [1.82, 2.24) is 10.2 Å². The van der Waals surface area contributed by atoms with Crippen LogP contribution in [0.2, 0.25) is 0 Å². The highest BCUT2D eigenvalue weighted by atomic mass is 79.9. The molecule has 1 aromatic carbocycles. The molecule has 0 bridgehead atoms. The Hall–Kier alpha value is -1.88. The molecule has 2 heterocycles. The Labute approximate surface area is 208 Å². The van der Waals surface area contributed by atoms with Crippen molar-refractivity contribution in [2.24, 2.45) is 0 Å². The summed E-state index contributed by atoms with van der Waals surface area (Å²) in [7, 11) is 4.73. The lowest BCUT2D eigenvalue weighted by Crippen LogP contribution is -2.63. The molecule has 1 amide bonds. The van der Waals surface area contributed by atoms with Gasteiger partial charge in [0, 0.05) is 32.9 Å². The number of rotatable bonds is 7. The average molecular weight is 541 g/mol. The summed E-state index contributed by atoms with van der Waals surface area (Å²) in [6.45, 7) is 1.61. The van der Waals surface area contributed by atoms with Gasteiger partial charge in [0.05, 0.1) is 38.3 Å². The number of halogens is 1. The molecule has 10 heteroatoms.